The molecule has 10 heavy (non-hydrogen) atoms. The Balaban J connectivity index is 0.000000180. The maximum atomic E-state index is 9.01. The lowest BCUT2D eigenvalue weighted by molar-refractivity contribution is -0.202. The molecule has 0 bridgehead atoms. The molecular formula is C3H9O4P2S+. The van der Waals surface area contributed by atoms with Crippen molar-refractivity contribution in [2.24, 2.45) is 0 Å². The van der Waals surface area contributed by atoms with Gasteiger partial charge in [0.15, 0.2) is 0 Å². The maximum absolute atomic E-state index is 9.01. The van der Waals surface area contributed by atoms with Gasteiger partial charge >= 0.3 is 7.23 Å². The molecular weight excluding hydrogens is 194 g/mol. The van der Waals surface area contributed by atoms with Gasteiger partial charge in [-0.15, -0.1) is 0 Å². The highest BCUT2D eigenvalue weighted by Gasteiger charge is 1.96. The van der Waals surface area contributed by atoms with Crippen LogP contribution in [-0.4, -0.2) is 17.7 Å². The van der Waals surface area contributed by atoms with E-state index < -0.39 is 7.23 Å². The van der Waals surface area contributed by atoms with E-state index >= 15 is 0 Å². The summed E-state index contributed by atoms with van der Waals surface area (Å²) < 4.78 is 13.6. The number of rotatable bonds is 0. The van der Waals surface area contributed by atoms with Crippen molar-refractivity contribution >= 4 is 28.3 Å². The van der Waals surface area contributed by atoms with Gasteiger partial charge in [0, 0.05) is 0 Å². The molecule has 0 amide bonds. The van der Waals surface area contributed by atoms with Crippen molar-refractivity contribution in [3.8, 4) is 0 Å². The van der Waals surface area contributed by atoms with Crippen molar-refractivity contribution in [2.75, 3.05) is 12.8 Å². The molecule has 1 fully saturated rings. The molecule has 2 atom stereocenters. The van der Waals surface area contributed by atoms with Crippen LogP contribution in [0.4, 0.5) is 0 Å². The van der Waals surface area contributed by atoms with E-state index in [1.807, 2.05) is 0 Å². The maximum Gasteiger partial charge on any atom is 0.579 e. The highest BCUT2D eigenvalue weighted by Crippen LogP contribution is 2.17. The summed E-state index contributed by atoms with van der Waals surface area (Å²) in [6.07, 6.45) is 2.35. The first kappa shape index (κ1) is 10.8. The summed E-state index contributed by atoms with van der Waals surface area (Å²) >= 11 is 3.03. The Labute approximate surface area is 67.1 Å². The van der Waals surface area contributed by atoms with Crippen LogP contribution in [0.15, 0.2) is 0 Å². The van der Waals surface area contributed by atoms with Crippen LogP contribution >= 0.6 is 28.3 Å². The molecule has 1 aliphatic rings. The third-order valence-electron chi connectivity index (χ3n) is 0.624. The zero-order chi connectivity index (χ0) is 7.82. The fourth-order valence-corrected chi connectivity index (χ4v) is 0.867. The summed E-state index contributed by atoms with van der Waals surface area (Å²) in [5, 5.41) is 0. The molecule has 4 nitrogen and oxygen atoms in total. The van der Waals surface area contributed by atoms with Gasteiger partial charge in [-0.2, -0.15) is 4.89 Å². The Morgan fingerprint density at radius 2 is 2.30 bits per heavy atom. The molecule has 0 radical (unpaired) electrons. The van der Waals surface area contributed by atoms with E-state index in [9.17, 15) is 0 Å². The van der Waals surface area contributed by atoms with Crippen molar-refractivity contribution in [3.63, 3.8) is 0 Å². The second-order valence-electron chi connectivity index (χ2n) is 1.41. The second-order valence-corrected chi connectivity index (χ2v) is 3.89. The monoisotopic (exact) mass is 203 g/mol. The Morgan fingerprint density at radius 1 is 1.70 bits per heavy atom. The van der Waals surface area contributed by atoms with E-state index in [0.29, 0.717) is 8.81 Å². The summed E-state index contributed by atoms with van der Waals surface area (Å²) in [5.74, 6) is 0. The van der Waals surface area contributed by atoms with Gasteiger partial charge in [-0.1, -0.05) is 0 Å². The van der Waals surface area contributed by atoms with Gasteiger partial charge in [0.25, 0.3) is 0 Å². The van der Waals surface area contributed by atoms with E-state index in [1.165, 1.54) is 12.6 Å². The first-order valence-electron chi connectivity index (χ1n) is 2.60. The van der Waals surface area contributed by atoms with E-state index in [2.05, 4.69) is 21.8 Å². The van der Waals surface area contributed by atoms with Crippen molar-refractivity contribution in [1.82, 2.24) is 0 Å². The summed E-state index contributed by atoms with van der Waals surface area (Å²) in [6, 6.07) is 0. The molecule has 0 aliphatic carbocycles. The summed E-state index contributed by atoms with van der Waals surface area (Å²) in [5.41, 5.74) is 0. The number of hydrogen-bond donors (Lipinski definition) is 2. The van der Waals surface area contributed by atoms with Crippen molar-refractivity contribution in [2.45, 2.75) is 6.42 Å². The smallest absolute Gasteiger partial charge is 0.234 e. The molecule has 0 aromatic rings. The van der Waals surface area contributed by atoms with Gasteiger partial charge in [0.05, 0.1) is 15.4 Å². The van der Waals surface area contributed by atoms with E-state index in [4.69, 9.17) is 9.46 Å². The molecule has 1 aliphatic heterocycles. The molecule has 60 valence electrons. The van der Waals surface area contributed by atoms with Crippen molar-refractivity contribution < 1.29 is 19.0 Å². The summed E-state index contributed by atoms with van der Waals surface area (Å²) in [6.45, 7) is 0.785. The van der Waals surface area contributed by atoms with Crippen LogP contribution in [0.25, 0.3) is 0 Å². The second kappa shape index (κ2) is 7.86. The van der Waals surface area contributed by atoms with Gasteiger partial charge < -0.3 is 0 Å². The van der Waals surface area contributed by atoms with Gasteiger partial charge in [0.1, 0.15) is 12.2 Å². The average molecular weight is 203 g/mol. The van der Waals surface area contributed by atoms with Crippen LogP contribution in [0.2, 0.25) is 0 Å². The fraction of sp³-hybridized carbons (Fsp3) is 1.00. The lowest BCUT2D eigenvalue weighted by atomic mass is 10.5. The molecule has 0 saturated carbocycles. The van der Waals surface area contributed by atoms with Crippen LogP contribution in [-0.2, 0) is 14.1 Å². The lowest BCUT2D eigenvalue weighted by Crippen LogP contribution is -1.98. The van der Waals surface area contributed by atoms with Gasteiger partial charge in [-0.05, 0) is 17.1 Å². The van der Waals surface area contributed by atoms with E-state index in [1.54, 1.807) is 0 Å². The number of thiol groups is 1. The SMILES string of the molecule is C1COOPC1.O=[P+](O)S. The Morgan fingerprint density at radius 3 is 2.40 bits per heavy atom. The van der Waals surface area contributed by atoms with Crippen LogP contribution < -0.4 is 0 Å². The fourth-order valence-electron chi connectivity index (χ4n) is 0.328. The summed E-state index contributed by atoms with van der Waals surface area (Å²) in [7, 11) is -1.60. The van der Waals surface area contributed by atoms with Gasteiger partial charge in [-0.3, -0.25) is 0 Å². The zero-order valence-electron chi connectivity index (χ0n) is 5.19. The standard InChI is InChI=1S/C3H7O2P.HO2PS/c1-2-4-5-6-3-1;1-3(2)4/h6H,1-3H2;(H-,1,2,4)/p+1. The molecule has 1 saturated heterocycles. The summed E-state index contributed by atoms with van der Waals surface area (Å²) in [4.78, 5) is 12.0. The minimum Gasteiger partial charge on any atom is -0.234 e. The first-order chi connectivity index (χ1) is 4.73. The van der Waals surface area contributed by atoms with Crippen LogP contribution in [0.1, 0.15) is 6.42 Å². The Bertz CT molecular complexity index is 81.0. The molecule has 0 aromatic heterocycles. The van der Waals surface area contributed by atoms with E-state index in [0.717, 1.165) is 6.61 Å². The quantitative estimate of drug-likeness (QED) is 0.356. The molecule has 1 N–H and O–H groups in total. The van der Waals surface area contributed by atoms with Gasteiger partial charge in [0.2, 0.25) is 0 Å². The van der Waals surface area contributed by atoms with Crippen LogP contribution in [0.5, 0.6) is 0 Å². The first-order valence-corrected chi connectivity index (χ1v) is 6.08. The molecule has 0 spiro atoms. The highest BCUT2D eigenvalue weighted by molar-refractivity contribution is 8.38. The van der Waals surface area contributed by atoms with Crippen LogP contribution in [0.3, 0.4) is 0 Å². The zero-order valence-corrected chi connectivity index (χ0v) is 7.98. The topological polar surface area (TPSA) is 55.8 Å². The average Bonchev–Trinajstić information content (AvgIpc) is 1.90. The minimum atomic E-state index is -2.18. The molecule has 0 aromatic carbocycles. The predicted molar refractivity (Wildman–Crippen MR) is 43.6 cm³/mol. The molecule has 7 heteroatoms. The normalized spacial score (nSPS) is 21.2. The number of hydrogen-bond acceptors (Lipinski definition) is 3. The third kappa shape index (κ3) is 11.5. The van der Waals surface area contributed by atoms with E-state index in [-0.39, 0.29) is 0 Å². The Kier molecular flexibility index (Phi) is 8.46. The predicted octanol–water partition coefficient (Wildman–Crippen LogP) is 1.50. The third-order valence-corrected chi connectivity index (χ3v) is 1.42. The van der Waals surface area contributed by atoms with Gasteiger partial charge in [-0.25, -0.2) is 9.56 Å². The molecule has 1 heterocycles. The van der Waals surface area contributed by atoms with Crippen LogP contribution in [0, 0.1) is 0 Å². The molecule has 2 unspecified atom stereocenters. The highest BCUT2D eigenvalue weighted by atomic mass is 32.7. The van der Waals surface area contributed by atoms with Crippen molar-refractivity contribution in [1.29, 1.82) is 0 Å². The van der Waals surface area contributed by atoms with Crippen molar-refractivity contribution in [3.05, 3.63) is 0 Å². The molecule has 1 rings (SSSR count). The minimum absolute atomic E-state index is 0.579. The largest absolute Gasteiger partial charge is 0.579 e. The lowest BCUT2D eigenvalue weighted by Gasteiger charge is -2.07. The Hall–Kier alpha value is 0.760.